The van der Waals surface area contributed by atoms with E-state index in [0.29, 0.717) is 13.0 Å². The molecule has 1 atom stereocenters. The maximum atomic E-state index is 11.5. The number of hydrogen-bond acceptors (Lipinski definition) is 4. The molecule has 0 saturated heterocycles. The number of carbonyl (C=O) groups excluding carboxylic acids is 1. The number of esters is 1. The lowest BCUT2D eigenvalue weighted by Crippen LogP contribution is -2.34. The minimum atomic E-state index is -0.638. The summed E-state index contributed by atoms with van der Waals surface area (Å²) in [6.07, 6.45) is 2.31. The lowest BCUT2D eigenvalue weighted by atomic mass is 10.1. The molecular formula is C14H18N2O3. The van der Waals surface area contributed by atoms with Crippen LogP contribution in [0.5, 0.6) is 5.75 Å². The van der Waals surface area contributed by atoms with Gasteiger partial charge < -0.3 is 20.2 Å². The van der Waals surface area contributed by atoms with Crippen LogP contribution < -0.4 is 10.5 Å². The van der Waals surface area contributed by atoms with Gasteiger partial charge in [0, 0.05) is 29.6 Å². The van der Waals surface area contributed by atoms with Gasteiger partial charge in [0.15, 0.2) is 0 Å². The summed E-state index contributed by atoms with van der Waals surface area (Å²) in [5.41, 5.74) is 7.79. The molecule has 1 aromatic heterocycles. The van der Waals surface area contributed by atoms with Gasteiger partial charge >= 0.3 is 5.97 Å². The van der Waals surface area contributed by atoms with Crippen LogP contribution in [0, 0.1) is 0 Å². The molecule has 2 aromatic rings. The standard InChI is InChI=1S/C14H18N2O3/c1-3-19-14(17)12(15)6-9-8-16-13-7-10(18-2)4-5-11(9)13/h4-5,7-8,12,16H,3,6,15H2,1-2H3/t12-/m1/s1. The number of rotatable bonds is 5. The van der Waals surface area contributed by atoms with Gasteiger partial charge in [-0.15, -0.1) is 0 Å². The topological polar surface area (TPSA) is 77.3 Å². The van der Waals surface area contributed by atoms with Crippen molar-refractivity contribution < 1.29 is 14.3 Å². The first-order chi connectivity index (χ1) is 9.15. The van der Waals surface area contributed by atoms with Crippen LogP contribution in [-0.2, 0) is 16.0 Å². The van der Waals surface area contributed by atoms with Crippen LogP contribution in [0.1, 0.15) is 12.5 Å². The van der Waals surface area contributed by atoms with Crippen LogP contribution >= 0.6 is 0 Å². The number of aromatic amines is 1. The Morgan fingerprint density at radius 1 is 1.47 bits per heavy atom. The van der Waals surface area contributed by atoms with Gasteiger partial charge in [0.25, 0.3) is 0 Å². The molecule has 0 radical (unpaired) electrons. The van der Waals surface area contributed by atoms with Crippen LogP contribution in [0.3, 0.4) is 0 Å². The van der Waals surface area contributed by atoms with Crippen molar-refractivity contribution in [3.05, 3.63) is 30.0 Å². The minimum Gasteiger partial charge on any atom is -0.497 e. The van der Waals surface area contributed by atoms with E-state index < -0.39 is 6.04 Å². The Morgan fingerprint density at radius 3 is 2.95 bits per heavy atom. The van der Waals surface area contributed by atoms with Crippen molar-refractivity contribution in [3.8, 4) is 5.75 Å². The highest BCUT2D eigenvalue weighted by Crippen LogP contribution is 2.23. The Labute approximate surface area is 111 Å². The molecule has 1 heterocycles. The van der Waals surface area contributed by atoms with Crippen LogP contribution in [0.25, 0.3) is 10.9 Å². The van der Waals surface area contributed by atoms with E-state index in [1.54, 1.807) is 14.0 Å². The zero-order chi connectivity index (χ0) is 13.8. The Bertz CT molecular complexity index is 577. The van der Waals surface area contributed by atoms with Crippen LogP contribution in [-0.4, -0.2) is 30.7 Å². The number of aromatic nitrogens is 1. The molecule has 0 amide bonds. The second kappa shape index (κ2) is 5.75. The minimum absolute atomic E-state index is 0.345. The molecule has 5 heteroatoms. The third-order valence-electron chi connectivity index (χ3n) is 3.00. The fourth-order valence-electron chi connectivity index (χ4n) is 2.03. The number of methoxy groups -OCH3 is 1. The molecule has 1 aromatic carbocycles. The van der Waals surface area contributed by atoms with E-state index in [0.717, 1.165) is 22.2 Å². The van der Waals surface area contributed by atoms with Gasteiger partial charge in [-0.05, 0) is 24.6 Å². The molecule has 0 aliphatic heterocycles. The largest absolute Gasteiger partial charge is 0.497 e. The molecule has 0 saturated carbocycles. The molecule has 0 fully saturated rings. The number of nitrogens with two attached hydrogens (primary N) is 1. The van der Waals surface area contributed by atoms with E-state index in [1.807, 2.05) is 24.4 Å². The Morgan fingerprint density at radius 2 is 2.26 bits per heavy atom. The zero-order valence-electron chi connectivity index (χ0n) is 11.1. The fourth-order valence-corrected chi connectivity index (χ4v) is 2.03. The lowest BCUT2D eigenvalue weighted by molar-refractivity contribution is -0.144. The Kier molecular flexibility index (Phi) is 4.06. The molecule has 3 N–H and O–H groups in total. The van der Waals surface area contributed by atoms with Crippen molar-refractivity contribution in [2.45, 2.75) is 19.4 Å². The van der Waals surface area contributed by atoms with E-state index in [-0.39, 0.29) is 5.97 Å². The predicted octanol–water partition coefficient (Wildman–Crippen LogP) is 1.61. The van der Waals surface area contributed by atoms with Gasteiger partial charge in [-0.3, -0.25) is 4.79 Å². The summed E-state index contributed by atoms with van der Waals surface area (Å²) in [4.78, 5) is 14.7. The van der Waals surface area contributed by atoms with Gasteiger partial charge in [-0.2, -0.15) is 0 Å². The monoisotopic (exact) mass is 262 g/mol. The summed E-state index contributed by atoms with van der Waals surface area (Å²) < 4.78 is 10.1. The third kappa shape index (κ3) is 2.88. The van der Waals surface area contributed by atoms with Crippen molar-refractivity contribution >= 4 is 16.9 Å². The quantitative estimate of drug-likeness (QED) is 0.802. The van der Waals surface area contributed by atoms with Gasteiger partial charge in [0.05, 0.1) is 13.7 Å². The second-order valence-electron chi connectivity index (χ2n) is 4.29. The van der Waals surface area contributed by atoms with Crippen molar-refractivity contribution in [2.24, 2.45) is 5.73 Å². The smallest absolute Gasteiger partial charge is 0.323 e. The Balaban J connectivity index is 2.19. The van der Waals surface area contributed by atoms with Gasteiger partial charge in [-0.1, -0.05) is 0 Å². The lowest BCUT2D eigenvalue weighted by Gasteiger charge is -2.09. The first kappa shape index (κ1) is 13.4. The number of carbonyl (C=O) groups is 1. The van der Waals surface area contributed by atoms with Gasteiger partial charge in [0.1, 0.15) is 11.8 Å². The number of fused-ring (bicyclic) bond motifs is 1. The van der Waals surface area contributed by atoms with E-state index in [9.17, 15) is 4.79 Å². The summed E-state index contributed by atoms with van der Waals surface area (Å²) in [6, 6.07) is 5.11. The fraction of sp³-hybridized carbons (Fsp3) is 0.357. The van der Waals surface area contributed by atoms with Crippen LogP contribution in [0.15, 0.2) is 24.4 Å². The van der Waals surface area contributed by atoms with E-state index in [1.165, 1.54) is 0 Å². The van der Waals surface area contributed by atoms with E-state index in [2.05, 4.69) is 4.98 Å². The van der Waals surface area contributed by atoms with Gasteiger partial charge in [0.2, 0.25) is 0 Å². The summed E-state index contributed by atoms with van der Waals surface area (Å²) in [5, 5.41) is 1.04. The first-order valence-electron chi connectivity index (χ1n) is 6.22. The number of nitrogens with one attached hydrogen (secondary N) is 1. The number of ether oxygens (including phenoxy) is 2. The zero-order valence-corrected chi connectivity index (χ0v) is 11.1. The normalized spacial score (nSPS) is 12.4. The number of benzene rings is 1. The molecule has 5 nitrogen and oxygen atoms in total. The number of H-pyrrole nitrogens is 1. The van der Waals surface area contributed by atoms with E-state index >= 15 is 0 Å². The molecule has 0 bridgehead atoms. The average molecular weight is 262 g/mol. The maximum Gasteiger partial charge on any atom is 0.323 e. The molecule has 2 rings (SSSR count). The highest BCUT2D eigenvalue weighted by atomic mass is 16.5. The van der Waals surface area contributed by atoms with Crippen molar-refractivity contribution in [3.63, 3.8) is 0 Å². The van der Waals surface area contributed by atoms with Crippen molar-refractivity contribution in [1.82, 2.24) is 4.98 Å². The third-order valence-corrected chi connectivity index (χ3v) is 3.00. The van der Waals surface area contributed by atoms with Crippen molar-refractivity contribution in [1.29, 1.82) is 0 Å². The van der Waals surface area contributed by atoms with Crippen LogP contribution in [0.4, 0.5) is 0 Å². The summed E-state index contributed by atoms with van der Waals surface area (Å²) in [6.45, 7) is 2.11. The molecular weight excluding hydrogens is 244 g/mol. The van der Waals surface area contributed by atoms with Crippen LogP contribution in [0.2, 0.25) is 0 Å². The number of hydrogen-bond donors (Lipinski definition) is 2. The second-order valence-corrected chi connectivity index (χ2v) is 4.29. The Hall–Kier alpha value is -2.01. The summed E-state index contributed by atoms with van der Waals surface area (Å²) in [5.74, 6) is 0.418. The predicted molar refractivity (Wildman–Crippen MR) is 73.2 cm³/mol. The average Bonchev–Trinajstić information content (AvgIpc) is 2.81. The molecule has 0 unspecified atom stereocenters. The maximum absolute atomic E-state index is 11.5. The molecule has 0 aliphatic rings. The highest BCUT2D eigenvalue weighted by molar-refractivity contribution is 5.85. The summed E-state index contributed by atoms with van der Waals surface area (Å²) >= 11 is 0. The molecule has 0 spiro atoms. The van der Waals surface area contributed by atoms with Gasteiger partial charge in [-0.25, -0.2) is 0 Å². The highest BCUT2D eigenvalue weighted by Gasteiger charge is 2.17. The first-order valence-corrected chi connectivity index (χ1v) is 6.22. The molecule has 0 aliphatic carbocycles. The SMILES string of the molecule is CCOC(=O)[C@H](N)Cc1c[nH]c2cc(OC)ccc12. The van der Waals surface area contributed by atoms with E-state index in [4.69, 9.17) is 15.2 Å². The molecule has 19 heavy (non-hydrogen) atoms. The van der Waals surface area contributed by atoms with Crippen molar-refractivity contribution in [2.75, 3.05) is 13.7 Å². The molecule has 102 valence electrons. The summed E-state index contributed by atoms with van der Waals surface area (Å²) in [7, 11) is 1.63.